The van der Waals surface area contributed by atoms with E-state index in [1.807, 2.05) is 0 Å². The van der Waals surface area contributed by atoms with Crippen LogP contribution in [0.25, 0.3) is 0 Å². The maximum absolute atomic E-state index is 12.8. The molecule has 0 N–H and O–H groups in total. The van der Waals surface area contributed by atoms with Gasteiger partial charge in [0.25, 0.3) is 0 Å². The number of carbonyl (C=O) groups is 3. The molecule has 0 bridgehead atoms. The largest absolute Gasteiger partial charge is 0.462 e. The monoisotopic (exact) mass is 967 g/mol. The van der Waals surface area contributed by atoms with Gasteiger partial charge in [0.1, 0.15) is 13.2 Å². The average Bonchev–Trinajstić information content (AvgIpc) is 3.36. The Bertz CT molecular complexity index is 1530. The minimum Gasteiger partial charge on any atom is -0.462 e. The van der Waals surface area contributed by atoms with E-state index in [9.17, 15) is 14.4 Å². The van der Waals surface area contributed by atoms with Gasteiger partial charge < -0.3 is 14.2 Å². The molecule has 6 nitrogen and oxygen atoms in total. The molecule has 0 saturated heterocycles. The lowest BCUT2D eigenvalue weighted by Gasteiger charge is -2.18. The van der Waals surface area contributed by atoms with Gasteiger partial charge in [-0.25, -0.2) is 0 Å². The van der Waals surface area contributed by atoms with E-state index in [1.54, 1.807) is 0 Å². The van der Waals surface area contributed by atoms with Crippen LogP contribution in [0.3, 0.4) is 0 Å². The third kappa shape index (κ3) is 54.5. The normalized spacial score (nSPS) is 13.1. The number of esters is 3. The molecular formula is C64H102O6. The molecule has 70 heavy (non-hydrogen) atoms. The van der Waals surface area contributed by atoms with E-state index in [1.165, 1.54) is 44.9 Å². The molecule has 1 unspecified atom stereocenters. The van der Waals surface area contributed by atoms with Crippen LogP contribution in [0.4, 0.5) is 0 Å². The highest BCUT2D eigenvalue weighted by molar-refractivity contribution is 5.71. The maximum Gasteiger partial charge on any atom is 0.306 e. The molecule has 0 fully saturated rings. The Morgan fingerprint density at radius 1 is 0.300 bits per heavy atom. The smallest absolute Gasteiger partial charge is 0.306 e. The van der Waals surface area contributed by atoms with Gasteiger partial charge in [-0.05, 0) is 135 Å². The van der Waals surface area contributed by atoms with Crippen LogP contribution >= 0.6 is 0 Å². The van der Waals surface area contributed by atoms with E-state index in [2.05, 4.69) is 154 Å². The quantitative estimate of drug-likeness (QED) is 0.0262. The molecule has 1 atom stereocenters. The zero-order valence-electron chi connectivity index (χ0n) is 45.0. The standard InChI is InChI=1S/C64H102O6/c1-4-7-10-13-16-19-22-25-28-30-31-32-33-35-36-39-42-45-48-51-54-57-63(66)69-60-61(59-68-62(65)56-53-50-47-44-41-38-27-24-21-18-15-12-9-6-3)70-64(67)58-55-52-49-46-43-40-37-34-29-26-23-20-17-14-11-8-5-2/h7-8,10-11,16-17,19-20,24-29,31-32,35-37,40,42,45,61H,4-6,9,12-15,18,21-23,30,33-34,38-39,41,43-44,46-60H2,1-3H3/b10-7-,11-8-,19-16-,20-17-,27-24-,28-25-,29-26-,32-31-,36-35-,40-37-,45-42-. The van der Waals surface area contributed by atoms with Crippen LogP contribution in [0, 0.1) is 0 Å². The number of hydrogen-bond donors (Lipinski definition) is 0. The van der Waals surface area contributed by atoms with Crippen molar-refractivity contribution in [3.8, 4) is 0 Å². The second kappa shape index (κ2) is 57.1. The molecule has 394 valence electrons. The zero-order valence-corrected chi connectivity index (χ0v) is 45.0. The van der Waals surface area contributed by atoms with Crippen LogP contribution in [0.2, 0.25) is 0 Å². The summed E-state index contributed by atoms with van der Waals surface area (Å²) in [4.78, 5) is 38.1. The SMILES string of the molecule is CC/C=C\C/C=C\C/C=C\C/C=C\C/C=C\C/C=C\CCCCC(=O)OCC(COC(=O)CCCCCCC/C=C\CCCCCCC)OC(=O)CCCCCC/C=C\C/C=C\C/C=C\C/C=C\CC. The predicted molar refractivity (Wildman–Crippen MR) is 302 cm³/mol. The Morgan fingerprint density at radius 2 is 0.557 bits per heavy atom. The summed E-state index contributed by atoms with van der Waals surface area (Å²) in [6.07, 6.45) is 80.1. The number of carbonyl (C=O) groups excluding carboxylic acids is 3. The van der Waals surface area contributed by atoms with Crippen LogP contribution in [0.15, 0.2) is 134 Å². The second-order valence-electron chi connectivity index (χ2n) is 18.1. The highest BCUT2D eigenvalue weighted by Crippen LogP contribution is 2.13. The summed E-state index contributed by atoms with van der Waals surface area (Å²) >= 11 is 0. The summed E-state index contributed by atoms with van der Waals surface area (Å²) in [5.74, 6) is -0.993. The Balaban J connectivity index is 4.54. The third-order valence-corrected chi connectivity index (χ3v) is 11.4. The second-order valence-corrected chi connectivity index (χ2v) is 18.1. The average molecular weight is 968 g/mol. The topological polar surface area (TPSA) is 78.9 Å². The Kier molecular flexibility index (Phi) is 53.5. The van der Waals surface area contributed by atoms with Crippen molar-refractivity contribution < 1.29 is 28.6 Å². The number of rotatable bonds is 49. The van der Waals surface area contributed by atoms with Gasteiger partial charge in [-0.2, -0.15) is 0 Å². The predicted octanol–water partition coefficient (Wildman–Crippen LogP) is 19.0. The fourth-order valence-electron chi connectivity index (χ4n) is 7.19. The van der Waals surface area contributed by atoms with Crippen LogP contribution in [-0.4, -0.2) is 37.2 Å². The van der Waals surface area contributed by atoms with E-state index in [0.29, 0.717) is 19.3 Å². The van der Waals surface area contributed by atoms with Gasteiger partial charge in [-0.15, -0.1) is 0 Å². The van der Waals surface area contributed by atoms with Crippen molar-refractivity contribution in [2.24, 2.45) is 0 Å². The molecule has 0 amide bonds. The fourth-order valence-corrected chi connectivity index (χ4v) is 7.19. The van der Waals surface area contributed by atoms with Crippen molar-refractivity contribution in [2.75, 3.05) is 13.2 Å². The molecule has 0 aliphatic heterocycles. The highest BCUT2D eigenvalue weighted by atomic mass is 16.6. The molecule has 0 aromatic heterocycles. The van der Waals surface area contributed by atoms with Crippen molar-refractivity contribution in [2.45, 2.75) is 239 Å². The molecule has 0 heterocycles. The lowest BCUT2D eigenvalue weighted by Crippen LogP contribution is -2.30. The van der Waals surface area contributed by atoms with Crippen molar-refractivity contribution >= 4 is 17.9 Å². The molecule has 0 spiro atoms. The van der Waals surface area contributed by atoms with E-state index in [0.717, 1.165) is 141 Å². The van der Waals surface area contributed by atoms with Crippen LogP contribution < -0.4 is 0 Å². The Labute approximate surface area is 430 Å². The molecule has 0 aliphatic carbocycles. The summed E-state index contributed by atoms with van der Waals surface area (Å²) in [6.45, 7) is 6.33. The number of unbranched alkanes of at least 4 members (excludes halogenated alkanes) is 16. The van der Waals surface area contributed by atoms with Crippen LogP contribution in [0.1, 0.15) is 233 Å². The minimum atomic E-state index is -0.818. The summed E-state index contributed by atoms with van der Waals surface area (Å²) in [5.41, 5.74) is 0. The lowest BCUT2D eigenvalue weighted by atomic mass is 10.1. The summed E-state index contributed by atoms with van der Waals surface area (Å²) in [7, 11) is 0. The molecule has 0 rings (SSSR count). The lowest BCUT2D eigenvalue weighted by molar-refractivity contribution is -0.167. The first kappa shape index (κ1) is 65.5. The Morgan fingerprint density at radius 3 is 0.914 bits per heavy atom. The maximum atomic E-state index is 12.8. The van der Waals surface area contributed by atoms with Gasteiger partial charge in [0.05, 0.1) is 0 Å². The van der Waals surface area contributed by atoms with Crippen molar-refractivity contribution in [1.82, 2.24) is 0 Å². The van der Waals surface area contributed by atoms with Crippen molar-refractivity contribution in [3.05, 3.63) is 134 Å². The Hall–Kier alpha value is -4.45. The van der Waals surface area contributed by atoms with E-state index in [4.69, 9.17) is 14.2 Å². The molecule has 0 aliphatic rings. The first-order valence-corrected chi connectivity index (χ1v) is 28.2. The van der Waals surface area contributed by atoms with Gasteiger partial charge >= 0.3 is 17.9 Å². The van der Waals surface area contributed by atoms with Crippen LogP contribution in [0.5, 0.6) is 0 Å². The number of ether oxygens (including phenoxy) is 3. The molecule has 0 aromatic rings. The van der Waals surface area contributed by atoms with E-state index < -0.39 is 6.10 Å². The fraction of sp³-hybridized carbons (Fsp3) is 0.609. The molecule has 0 aromatic carbocycles. The molecule has 6 heteroatoms. The van der Waals surface area contributed by atoms with Gasteiger partial charge in [-0.1, -0.05) is 212 Å². The van der Waals surface area contributed by atoms with Gasteiger partial charge in [0, 0.05) is 19.3 Å². The highest BCUT2D eigenvalue weighted by Gasteiger charge is 2.19. The van der Waals surface area contributed by atoms with Gasteiger partial charge in [0.2, 0.25) is 0 Å². The molecular weight excluding hydrogens is 865 g/mol. The first-order chi connectivity index (χ1) is 34.5. The van der Waals surface area contributed by atoms with E-state index in [-0.39, 0.29) is 37.5 Å². The summed E-state index contributed by atoms with van der Waals surface area (Å²) in [6, 6.07) is 0. The molecule has 0 radical (unpaired) electrons. The number of allylic oxidation sites excluding steroid dienone is 22. The third-order valence-electron chi connectivity index (χ3n) is 11.4. The van der Waals surface area contributed by atoms with Gasteiger partial charge in [0.15, 0.2) is 6.10 Å². The summed E-state index contributed by atoms with van der Waals surface area (Å²) in [5, 5.41) is 0. The van der Waals surface area contributed by atoms with Crippen molar-refractivity contribution in [3.63, 3.8) is 0 Å². The zero-order chi connectivity index (χ0) is 50.7. The van der Waals surface area contributed by atoms with Crippen LogP contribution in [-0.2, 0) is 28.6 Å². The number of hydrogen-bond acceptors (Lipinski definition) is 6. The van der Waals surface area contributed by atoms with Gasteiger partial charge in [-0.3, -0.25) is 14.4 Å². The molecule has 0 saturated carbocycles. The van der Waals surface area contributed by atoms with E-state index >= 15 is 0 Å². The van der Waals surface area contributed by atoms with Crippen molar-refractivity contribution in [1.29, 1.82) is 0 Å². The minimum absolute atomic E-state index is 0.111. The first-order valence-electron chi connectivity index (χ1n) is 28.2. The summed E-state index contributed by atoms with van der Waals surface area (Å²) < 4.78 is 16.8.